The number of benzene rings is 1. The maximum absolute atomic E-state index is 13.1. The molecular weight excluding hydrogens is 486 g/mol. The van der Waals surface area contributed by atoms with E-state index in [9.17, 15) is 31.1 Å². The van der Waals surface area contributed by atoms with Gasteiger partial charge in [-0.15, -0.1) is 10.2 Å². The number of rotatable bonds is 2. The van der Waals surface area contributed by atoms with E-state index in [4.69, 9.17) is 0 Å². The van der Waals surface area contributed by atoms with E-state index in [0.29, 0.717) is 25.2 Å². The number of amides is 2. The van der Waals surface area contributed by atoms with E-state index in [1.807, 2.05) is 4.90 Å². The van der Waals surface area contributed by atoms with Crippen LogP contribution in [0.2, 0.25) is 0 Å². The van der Waals surface area contributed by atoms with Gasteiger partial charge >= 0.3 is 18.4 Å². The molecule has 2 aliphatic rings. The fourth-order valence-electron chi connectivity index (χ4n) is 4.03. The number of hydrogen-bond acceptors (Lipinski definition) is 6. The number of halogens is 6. The minimum atomic E-state index is -4.69. The van der Waals surface area contributed by atoms with Crippen molar-refractivity contribution in [2.45, 2.75) is 24.8 Å². The van der Waals surface area contributed by atoms with E-state index in [1.54, 1.807) is 12.1 Å². The number of nitrogens with zero attached hydrogens (tertiary/aromatic N) is 5. The van der Waals surface area contributed by atoms with E-state index in [1.165, 1.54) is 17.0 Å². The molecule has 5 rings (SSSR count). The third kappa shape index (κ3) is 4.02. The molecular formula is C20H14F6N6OS. The average Bonchev–Trinajstić information content (AvgIpc) is 3.41. The zero-order valence-corrected chi connectivity index (χ0v) is 17.8. The molecule has 4 heterocycles. The van der Waals surface area contributed by atoms with Crippen LogP contribution in [0, 0.1) is 0 Å². The van der Waals surface area contributed by atoms with Crippen LogP contribution in [-0.4, -0.2) is 40.3 Å². The predicted octanol–water partition coefficient (Wildman–Crippen LogP) is 5.27. The molecule has 0 aliphatic carbocycles. The molecule has 2 amide bonds. The van der Waals surface area contributed by atoms with Crippen LogP contribution in [-0.2, 0) is 12.4 Å². The van der Waals surface area contributed by atoms with Gasteiger partial charge in [0.25, 0.3) is 0 Å². The minimum Gasteiger partial charge on any atom is -0.366 e. The SMILES string of the molecule is O=C(Nc1nnc(C(F)(F)F)s1)N1c2nc(-c3cccc(C(F)(F)F)c3)ccc2N2CC[C@H]1C2. The Kier molecular flexibility index (Phi) is 5.15. The van der Waals surface area contributed by atoms with Gasteiger partial charge in [0, 0.05) is 18.7 Å². The first-order chi connectivity index (χ1) is 16.0. The number of hydrogen-bond donors (Lipinski definition) is 1. The highest BCUT2D eigenvalue weighted by Crippen LogP contribution is 2.41. The third-order valence-corrected chi connectivity index (χ3v) is 6.42. The number of pyridine rings is 1. The zero-order valence-electron chi connectivity index (χ0n) is 17.0. The summed E-state index contributed by atoms with van der Waals surface area (Å²) in [6.07, 6.45) is -8.63. The summed E-state index contributed by atoms with van der Waals surface area (Å²) >= 11 is 0.193. The summed E-state index contributed by atoms with van der Waals surface area (Å²) in [7, 11) is 0. The van der Waals surface area contributed by atoms with E-state index >= 15 is 0 Å². The maximum atomic E-state index is 13.1. The van der Waals surface area contributed by atoms with Gasteiger partial charge in [-0.1, -0.05) is 23.5 Å². The lowest BCUT2D eigenvalue weighted by molar-refractivity contribution is -0.138. The lowest BCUT2D eigenvalue weighted by Crippen LogP contribution is -2.48. The van der Waals surface area contributed by atoms with Gasteiger partial charge in [0.05, 0.1) is 23.0 Å². The first-order valence-electron chi connectivity index (χ1n) is 9.95. The molecule has 2 bridgehead atoms. The second-order valence-electron chi connectivity index (χ2n) is 7.72. The fraction of sp³-hybridized carbons (Fsp3) is 0.300. The maximum Gasteiger partial charge on any atom is 0.445 e. The predicted molar refractivity (Wildman–Crippen MR) is 112 cm³/mol. The number of carbonyl (C=O) groups is 1. The number of fused-ring (bicyclic) bond motifs is 4. The molecule has 1 saturated heterocycles. The molecule has 0 saturated carbocycles. The van der Waals surface area contributed by atoms with Crippen molar-refractivity contribution in [2.75, 3.05) is 28.2 Å². The molecule has 3 aromatic rings. The standard InChI is InChI=1S/C20H14F6N6OS/c21-19(22,23)11-3-1-2-10(8-11)13-4-5-14-15(27-13)32(12-6-7-31(14)9-12)18(33)28-17-30-29-16(34-17)20(24,25)26/h1-5,8,12H,6-7,9H2,(H,28,30,33)/t12-/m0/s1. The summed E-state index contributed by atoms with van der Waals surface area (Å²) in [5, 5.41) is 7.26. The normalized spacial score (nSPS) is 17.6. The quantitative estimate of drug-likeness (QED) is 0.486. The molecule has 2 aromatic heterocycles. The molecule has 14 heteroatoms. The third-order valence-electron chi connectivity index (χ3n) is 5.54. The van der Waals surface area contributed by atoms with Crippen LogP contribution < -0.4 is 15.1 Å². The lowest BCUT2D eigenvalue weighted by atomic mass is 10.1. The summed E-state index contributed by atoms with van der Waals surface area (Å²) in [6, 6.07) is 6.85. The second kappa shape index (κ2) is 7.82. The molecule has 178 valence electrons. The average molecular weight is 500 g/mol. The Hall–Kier alpha value is -3.42. The number of urea groups is 1. The van der Waals surface area contributed by atoms with Crippen molar-refractivity contribution in [1.29, 1.82) is 0 Å². The van der Waals surface area contributed by atoms with Crippen LogP contribution in [0.25, 0.3) is 11.3 Å². The molecule has 1 fully saturated rings. The number of anilines is 3. The number of alkyl halides is 6. The summed E-state index contributed by atoms with van der Waals surface area (Å²) in [6.45, 7) is 1.12. The molecule has 0 spiro atoms. The highest BCUT2D eigenvalue weighted by molar-refractivity contribution is 7.15. The molecule has 1 N–H and O–H groups in total. The van der Waals surface area contributed by atoms with E-state index in [2.05, 4.69) is 20.5 Å². The molecule has 1 aromatic carbocycles. The van der Waals surface area contributed by atoms with Gasteiger partial charge in [0.1, 0.15) is 0 Å². The van der Waals surface area contributed by atoms with Crippen molar-refractivity contribution in [1.82, 2.24) is 15.2 Å². The van der Waals surface area contributed by atoms with Crippen molar-refractivity contribution in [3.63, 3.8) is 0 Å². The Bertz CT molecular complexity index is 1260. The Morgan fingerprint density at radius 1 is 1.06 bits per heavy atom. The van der Waals surface area contributed by atoms with Crippen molar-refractivity contribution >= 4 is 34.0 Å². The second-order valence-corrected chi connectivity index (χ2v) is 8.69. The minimum absolute atomic E-state index is 0.193. The van der Waals surface area contributed by atoms with E-state index in [0.717, 1.165) is 12.1 Å². The summed E-state index contributed by atoms with van der Waals surface area (Å²) < 4.78 is 77.9. The number of aromatic nitrogens is 3. The van der Waals surface area contributed by atoms with Gasteiger partial charge in [0.15, 0.2) is 5.82 Å². The first-order valence-corrected chi connectivity index (χ1v) is 10.8. The van der Waals surface area contributed by atoms with Crippen LogP contribution in [0.1, 0.15) is 17.0 Å². The highest BCUT2D eigenvalue weighted by Gasteiger charge is 2.41. The summed E-state index contributed by atoms with van der Waals surface area (Å²) in [5.74, 6) is 0.210. The Morgan fingerprint density at radius 2 is 1.85 bits per heavy atom. The Balaban J connectivity index is 1.49. The Labute approximate surface area is 192 Å². The van der Waals surface area contributed by atoms with Crippen molar-refractivity contribution < 1.29 is 31.1 Å². The smallest absolute Gasteiger partial charge is 0.366 e. The van der Waals surface area contributed by atoms with Gasteiger partial charge in [-0.25, -0.2) is 9.78 Å². The van der Waals surface area contributed by atoms with Crippen LogP contribution >= 0.6 is 11.3 Å². The molecule has 0 unspecified atom stereocenters. The molecule has 7 nitrogen and oxygen atoms in total. The van der Waals surface area contributed by atoms with Gasteiger partial charge in [-0.2, -0.15) is 26.3 Å². The summed E-state index contributed by atoms with van der Waals surface area (Å²) in [4.78, 5) is 20.9. The van der Waals surface area contributed by atoms with Gasteiger partial charge in [-0.05, 0) is 30.7 Å². The van der Waals surface area contributed by atoms with E-state index in [-0.39, 0.29) is 39.6 Å². The molecule has 34 heavy (non-hydrogen) atoms. The lowest BCUT2D eigenvalue weighted by Gasteiger charge is -2.35. The van der Waals surface area contributed by atoms with Crippen molar-refractivity contribution in [3.05, 3.63) is 47.0 Å². The van der Waals surface area contributed by atoms with E-state index < -0.39 is 29.0 Å². The van der Waals surface area contributed by atoms with Crippen molar-refractivity contribution in [3.8, 4) is 11.3 Å². The van der Waals surface area contributed by atoms with Gasteiger partial charge in [-0.3, -0.25) is 10.2 Å². The number of nitrogens with one attached hydrogen (secondary N) is 1. The number of carbonyl (C=O) groups excluding carboxylic acids is 1. The molecule has 1 atom stereocenters. The topological polar surface area (TPSA) is 74.2 Å². The molecule has 2 aliphatic heterocycles. The Morgan fingerprint density at radius 3 is 2.56 bits per heavy atom. The zero-order chi connectivity index (χ0) is 24.3. The summed E-state index contributed by atoms with van der Waals surface area (Å²) in [5.41, 5.74) is 0.206. The van der Waals surface area contributed by atoms with Gasteiger partial charge in [0.2, 0.25) is 10.1 Å². The van der Waals surface area contributed by atoms with Gasteiger partial charge < -0.3 is 4.90 Å². The van der Waals surface area contributed by atoms with Crippen LogP contribution in [0.3, 0.4) is 0 Å². The van der Waals surface area contributed by atoms with Crippen LogP contribution in [0.4, 0.5) is 47.8 Å². The van der Waals surface area contributed by atoms with Crippen LogP contribution in [0.15, 0.2) is 36.4 Å². The largest absolute Gasteiger partial charge is 0.445 e. The van der Waals surface area contributed by atoms with Crippen LogP contribution in [0.5, 0.6) is 0 Å². The molecule has 0 radical (unpaired) electrons. The monoisotopic (exact) mass is 500 g/mol. The highest BCUT2D eigenvalue weighted by atomic mass is 32.1. The first kappa shape index (κ1) is 22.4. The fourth-order valence-corrected chi connectivity index (χ4v) is 4.63. The van der Waals surface area contributed by atoms with Crippen molar-refractivity contribution in [2.24, 2.45) is 0 Å².